The summed E-state index contributed by atoms with van der Waals surface area (Å²) in [6.07, 6.45) is 13.7. The van der Waals surface area contributed by atoms with Crippen LogP contribution in [0.2, 0.25) is 6.32 Å². The number of furan rings is 1. The van der Waals surface area contributed by atoms with Crippen molar-refractivity contribution in [1.82, 2.24) is 0 Å². The molecule has 2 bridgehead atoms. The molecule has 1 nitrogen and oxygen atoms in total. The zero-order valence-electron chi connectivity index (χ0n) is 16.7. The highest BCUT2D eigenvalue weighted by molar-refractivity contribution is 6.46. The van der Waals surface area contributed by atoms with Gasteiger partial charge in [0.2, 0.25) is 0 Å². The summed E-state index contributed by atoms with van der Waals surface area (Å²) >= 11 is 0. The summed E-state index contributed by atoms with van der Waals surface area (Å²) in [4.78, 5) is 0. The Bertz CT molecular complexity index is 820. The molecule has 1 aromatic heterocycles. The molecule has 3 aliphatic carbocycles. The van der Waals surface area contributed by atoms with E-state index in [0.29, 0.717) is 10.8 Å². The van der Waals surface area contributed by atoms with Crippen LogP contribution in [0.25, 0.3) is 11.0 Å². The Labute approximate surface area is 158 Å². The first-order valence-corrected chi connectivity index (χ1v) is 10.2. The highest BCUT2D eigenvalue weighted by Gasteiger charge is 2.47. The summed E-state index contributed by atoms with van der Waals surface area (Å²) in [5.41, 5.74) is 6.25. The van der Waals surface area contributed by atoms with E-state index in [-0.39, 0.29) is 0 Å². The van der Waals surface area contributed by atoms with Crippen molar-refractivity contribution in [3.63, 3.8) is 0 Å². The molecule has 135 valence electrons. The van der Waals surface area contributed by atoms with Gasteiger partial charge in [0, 0.05) is 5.39 Å². The van der Waals surface area contributed by atoms with Crippen LogP contribution < -0.4 is 0 Å². The maximum Gasteiger partial charge on any atom is 0.151 e. The van der Waals surface area contributed by atoms with Gasteiger partial charge < -0.3 is 4.42 Å². The van der Waals surface area contributed by atoms with Gasteiger partial charge in [-0.15, -0.1) is 0 Å². The van der Waals surface area contributed by atoms with Crippen molar-refractivity contribution in [2.45, 2.75) is 76.9 Å². The predicted octanol–water partition coefficient (Wildman–Crippen LogP) is 6.68. The number of aryl methyl sites for hydroxylation is 1. The molecule has 1 saturated carbocycles. The number of fused-ring (bicyclic) bond motifs is 3. The molecule has 2 heteroatoms. The van der Waals surface area contributed by atoms with Crippen molar-refractivity contribution in [2.75, 3.05) is 0 Å². The van der Waals surface area contributed by atoms with E-state index < -0.39 is 0 Å². The van der Waals surface area contributed by atoms with Gasteiger partial charge in [-0.1, -0.05) is 43.9 Å². The molecule has 26 heavy (non-hydrogen) atoms. The van der Waals surface area contributed by atoms with Gasteiger partial charge in [0.1, 0.15) is 11.3 Å². The largest absolute Gasteiger partial charge is 0.461 e. The van der Waals surface area contributed by atoms with Gasteiger partial charge in [0.05, 0.1) is 0 Å². The third kappa shape index (κ3) is 2.88. The summed E-state index contributed by atoms with van der Waals surface area (Å²) in [6, 6.07) is 7.07. The van der Waals surface area contributed by atoms with Crippen molar-refractivity contribution in [1.29, 1.82) is 0 Å². The average Bonchev–Trinajstić information content (AvgIpc) is 3.03. The number of benzene rings is 1. The second-order valence-electron chi connectivity index (χ2n) is 8.80. The van der Waals surface area contributed by atoms with Crippen LogP contribution in [0.15, 0.2) is 46.3 Å². The number of rotatable bonds is 5. The predicted molar refractivity (Wildman–Crippen MR) is 112 cm³/mol. The van der Waals surface area contributed by atoms with E-state index in [1.807, 2.05) is 0 Å². The fraction of sp³-hybridized carbons (Fsp3) is 0.500. The molecule has 0 atom stereocenters. The van der Waals surface area contributed by atoms with Gasteiger partial charge in [0.25, 0.3) is 0 Å². The van der Waals surface area contributed by atoms with E-state index >= 15 is 0 Å². The van der Waals surface area contributed by atoms with Crippen LogP contribution in [0, 0.1) is 0 Å². The highest BCUT2D eigenvalue weighted by atomic mass is 16.3. The molecule has 1 heterocycles. The minimum Gasteiger partial charge on any atom is -0.461 e. The molecule has 2 aromatic rings. The molecule has 0 spiro atoms. The first-order valence-electron chi connectivity index (χ1n) is 10.2. The molecule has 0 unspecified atom stereocenters. The van der Waals surface area contributed by atoms with Crippen molar-refractivity contribution in [3.8, 4) is 0 Å². The quantitative estimate of drug-likeness (QED) is 0.435. The minimum absolute atomic E-state index is 0.356. The Hall–Kier alpha value is -1.70. The summed E-state index contributed by atoms with van der Waals surface area (Å²) in [6.45, 7) is 9.07. The van der Waals surface area contributed by atoms with E-state index in [1.54, 1.807) is 11.1 Å². The molecule has 3 aliphatic rings. The fourth-order valence-corrected chi connectivity index (χ4v) is 5.01. The topological polar surface area (TPSA) is 13.1 Å². The maximum atomic E-state index is 6.24. The molecule has 0 N–H and O–H groups in total. The Morgan fingerprint density at radius 3 is 2.31 bits per heavy atom. The Kier molecular flexibility index (Phi) is 4.41. The second kappa shape index (κ2) is 6.48. The van der Waals surface area contributed by atoms with Crippen LogP contribution in [0.3, 0.4) is 0 Å². The van der Waals surface area contributed by atoms with Crippen LogP contribution in [-0.2, 0) is 17.3 Å². The second-order valence-corrected chi connectivity index (χ2v) is 8.80. The number of hydrogen-bond donors (Lipinski definition) is 0. The van der Waals surface area contributed by atoms with Crippen LogP contribution in [0.5, 0.6) is 0 Å². The first-order chi connectivity index (χ1) is 12.5. The molecular weight excluding hydrogens is 315 g/mol. The molecule has 0 saturated heterocycles. The lowest BCUT2D eigenvalue weighted by Crippen LogP contribution is -2.44. The molecule has 1 fully saturated rings. The third-order valence-corrected chi connectivity index (χ3v) is 6.93. The Morgan fingerprint density at radius 2 is 1.69 bits per heavy atom. The maximum absolute atomic E-state index is 6.24. The number of hydrogen-bond acceptors (Lipinski definition) is 1. The van der Waals surface area contributed by atoms with Gasteiger partial charge in [0.15, 0.2) is 7.28 Å². The standard InChI is InChI=1S/C24H30BO/c1-5-7-18(6-2)25-13-8-19-14-17-15-20-21(16-22(17)26-19)24(4)11-9-23(20,3)10-12-24/h5-7,14-16H,8-13H2,1-4H3/b7-5-,18-6+. The fourth-order valence-electron chi connectivity index (χ4n) is 5.01. The number of allylic oxidation sites excluding steroid dienone is 4. The van der Waals surface area contributed by atoms with Gasteiger partial charge in [-0.2, -0.15) is 0 Å². The molecule has 0 aliphatic heterocycles. The molecule has 5 rings (SSSR count). The molecule has 1 aromatic carbocycles. The smallest absolute Gasteiger partial charge is 0.151 e. The summed E-state index contributed by atoms with van der Waals surface area (Å²) in [5.74, 6) is 1.11. The lowest BCUT2D eigenvalue weighted by atomic mass is 9.52. The lowest BCUT2D eigenvalue weighted by molar-refractivity contribution is 0.188. The SMILES string of the molecule is C/C=C\C([B]CCc1cc2cc3c(cc2o1)C1(C)CCC3(C)CC1)=C/C. The highest BCUT2D eigenvalue weighted by Crippen LogP contribution is 2.56. The first kappa shape index (κ1) is 17.7. The van der Waals surface area contributed by atoms with Crippen molar-refractivity contribution < 1.29 is 4.42 Å². The van der Waals surface area contributed by atoms with Gasteiger partial charge in [-0.3, -0.25) is 0 Å². The van der Waals surface area contributed by atoms with Crippen LogP contribution in [0.1, 0.15) is 70.3 Å². The zero-order chi connectivity index (χ0) is 18.4. The van der Waals surface area contributed by atoms with Gasteiger partial charge in [-0.05, 0) is 86.1 Å². The zero-order valence-corrected chi connectivity index (χ0v) is 16.7. The minimum atomic E-state index is 0.356. The van der Waals surface area contributed by atoms with Gasteiger partial charge >= 0.3 is 0 Å². The van der Waals surface area contributed by atoms with Crippen LogP contribution in [-0.4, -0.2) is 7.28 Å². The van der Waals surface area contributed by atoms with Crippen molar-refractivity contribution in [3.05, 3.63) is 58.8 Å². The molecule has 0 amide bonds. The van der Waals surface area contributed by atoms with Gasteiger partial charge in [-0.25, -0.2) is 0 Å². The molecular formula is C24H30BO. The Morgan fingerprint density at radius 1 is 1.04 bits per heavy atom. The summed E-state index contributed by atoms with van der Waals surface area (Å²) in [5, 5.41) is 1.29. The van der Waals surface area contributed by atoms with E-state index in [4.69, 9.17) is 4.42 Å². The van der Waals surface area contributed by atoms with Crippen LogP contribution in [0.4, 0.5) is 0 Å². The third-order valence-electron chi connectivity index (χ3n) is 6.93. The normalized spacial score (nSPS) is 28.1. The van der Waals surface area contributed by atoms with Crippen molar-refractivity contribution >= 4 is 18.2 Å². The van der Waals surface area contributed by atoms with E-state index in [2.05, 4.69) is 71.4 Å². The lowest BCUT2D eigenvalue weighted by Gasteiger charge is -2.52. The molecule has 1 radical (unpaired) electrons. The van der Waals surface area contributed by atoms with Crippen LogP contribution >= 0.6 is 0 Å². The van der Waals surface area contributed by atoms with E-state index in [0.717, 1.165) is 24.1 Å². The average molecular weight is 345 g/mol. The summed E-state index contributed by atoms with van der Waals surface area (Å²) < 4.78 is 6.24. The Balaban J connectivity index is 1.59. The van der Waals surface area contributed by atoms with E-state index in [9.17, 15) is 0 Å². The van der Waals surface area contributed by atoms with Crippen molar-refractivity contribution in [2.24, 2.45) is 0 Å². The van der Waals surface area contributed by atoms with E-state index in [1.165, 1.54) is 36.5 Å². The summed E-state index contributed by atoms with van der Waals surface area (Å²) in [7, 11) is 2.29. The monoisotopic (exact) mass is 345 g/mol.